The number of esters is 1. The summed E-state index contributed by atoms with van der Waals surface area (Å²) in [6, 6.07) is 6.22. The Balaban J connectivity index is 1.76. The molecule has 8 heteroatoms. The Morgan fingerprint density at radius 3 is 2.52 bits per heavy atom. The Bertz CT molecular complexity index is 974. The highest BCUT2D eigenvalue weighted by Crippen LogP contribution is 2.39. The second-order valence-electron chi connectivity index (χ2n) is 6.42. The van der Waals surface area contributed by atoms with E-state index in [1.807, 2.05) is 0 Å². The van der Waals surface area contributed by atoms with Crippen molar-refractivity contribution >= 4 is 38.1 Å². The molecule has 1 amide bonds. The molecule has 0 saturated heterocycles. The van der Waals surface area contributed by atoms with Gasteiger partial charge in [0.2, 0.25) is 5.91 Å². The zero-order valence-electron chi connectivity index (χ0n) is 15.2. The van der Waals surface area contributed by atoms with Gasteiger partial charge in [-0.25, -0.2) is 13.2 Å². The summed E-state index contributed by atoms with van der Waals surface area (Å²) in [5.41, 5.74) is 2.17. The van der Waals surface area contributed by atoms with Crippen molar-refractivity contribution in [3.05, 3.63) is 45.8 Å². The van der Waals surface area contributed by atoms with Gasteiger partial charge in [0.25, 0.3) is 0 Å². The van der Waals surface area contributed by atoms with Crippen LogP contribution in [-0.2, 0) is 38.6 Å². The largest absolute Gasteiger partial charge is 0.462 e. The lowest BCUT2D eigenvalue weighted by Gasteiger charge is -2.08. The van der Waals surface area contributed by atoms with E-state index in [4.69, 9.17) is 4.74 Å². The number of fused-ring (bicyclic) bond motifs is 1. The maximum atomic E-state index is 12.4. The van der Waals surface area contributed by atoms with Crippen molar-refractivity contribution in [1.29, 1.82) is 0 Å². The number of benzene rings is 1. The Morgan fingerprint density at radius 1 is 1.19 bits per heavy atom. The number of aryl methyl sites for hydroxylation is 1. The van der Waals surface area contributed by atoms with Crippen molar-refractivity contribution in [2.24, 2.45) is 0 Å². The lowest BCUT2D eigenvalue weighted by atomic mass is 10.1. The van der Waals surface area contributed by atoms with Crippen LogP contribution in [0.5, 0.6) is 0 Å². The lowest BCUT2D eigenvalue weighted by molar-refractivity contribution is -0.115. The average molecular weight is 408 g/mol. The van der Waals surface area contributed by atoms with Gasteiger partial charge in [0.15, 0.2) is 9.84 Å². The first kappa shape index (κ1) is 19.6. The molecule has 0 saturated carbocycles. The predicted molar refractivity (Wildman–Crippen MR) is 104 cm³/mol. The Labute approximate surface area is 162 Å². The number of nitrogens with one attached hydrogen (secondary N) is 1. The van der Waals surface area contributed by atoms with Gasteiger partial charge in [0.1, 0.15) is 5.00 Å². The summed E-state index contributed by atoms with van der Waals surface area (Å²) in [6.07, 6.45) is 3.98. The summed E-state index contributed by atoms with van der Waals surface area (Å²) >= 11 is 1.44. The number of thiophene rings is 1. The van der Waals surface area contributed by atoms with E-state index in [0.717, 1.165) is 36.0 Å². The molecule has 3 rings (SSSR count). The molecule has 6 nitrogen and oxygen atoms in total. The molecule has 0 fully saturated rings. The molecule has 1 aromatic heterocycles. The van der Waals surface area contributed by atoms with Crippen molar-refractivity contribution < 1.29 is 22.7 Å². The van der Waals surface area contributed by atoms with Gasteiger partial charge in [-0.2, -0.15) is 0 Å². The Hall–Kier alpha value is -2.19. The molecule has 0 aliphatic heterocycles. The second-order valence-corrected chi connectivity index (χ2v) is 9.54. The zero-order chi connectivity index (χ0) is 19.6. The summed E-state index contributed by atoms with van der Waals surface area (Å²) in [5, 5.41) is 3.37. The van der Waals surface area contributed by atoms with E-state index in [0.29, 0.717) is 16.1 Å². The van der Waals surface area contributed by atoms with Crippen molar-refractivity contribution in [3.8, 4) is 0 Å². The fraction of sp³-hybridized carbons (Fsp3) is 0.368. The molecule has 0 unspecified atom stereocenters. The predicted octanol–water partition coefficient (Wildman–Crippen LogP) is 3.00. The minimum Gasteiger partial charge on any atom is -0.462 e. The van der Waals surface area contributed by atoms with E-state index in [1.54, 1.807) is 19.1 Å². The highest BCUT2D eigenvalue weighted by molar-refractivity contribution is 7.90. The monoisotopic (exact) mass is 407 g/mol. The normalized spacial score (nSPS) is 13.3. The number of hydrogen-bond donors (Lipinski definition) is 1. The van der Waals surface area contributed by atoms with E-state index < -0.39 is 15.8 Å². The van der Waals surface area contributed by atoms with Crippen LogP contribution in [0.1, 0.15) is 39.7 Å². The molecule has 2 aromatic rings. The van der Waals surface area contributed by atoms with E-state index in [9.17, 15) is 18.0 Å². The molecule has 0 spiro atoms. The molecule has 1 aromatic carbocycles. The Kier molecular flexibility index (Phi) is 5.67. The SMILES string of the molecule is CCOC(=O)c1c(NC(=O)Cc2ccc(S(C)(=O)=O)cc2)sc2c1CCC2. The van der Waals surface area contributed by atoms with Crippen LogP contribution in [0.4, 0.5) is 5.00 Å². The molecule has 1 N–H and O–H groups in total. The third kappa shape index (κ3) is 4.39. The van der Waals surface area contributed by atoms with Crippen LogP contribution in [0.3, 0.4) is 0 Å². The van der Waals surface area contributed by atoms with Gasteiger partial charge in [-0.05, 0) is 49.4 Å². The fourth-order valence-electron chi connectivity index (χ4n) is 3.12. The zero-order valence-corrected chi connectivity index (χ0v) is 16.8. The Morgan fingerprint density at radius 2 is 1.89 bits per heavy atom. The number of hydrogen-bond acceptors (Lipinski definition) is 6. The van der Waals surface area contributed by atoms with Crippen molar-refractivity contribution in [3.63, 3.8) is 0 Å². The summed E-state index contributed by atoms with van der Waals surface area (Å²) in [6.45, 7) is 2.03. The van der Waals surface area contributed by atoms with Gasteiger partial charge in [-0.15, -0.1) is 11.3 Å². The van der Waals surface area contributed by atoms with Crippen LogP contribution >= 0.6 is 11.3 Å². The summed E-state index contributed by atoms with van der Waals surface area (Å²) in [4.78, 5) is 26.1. The number of sulfone groups is 1. The lowest BCUT2D eigenvalue weighted by Crippen LogP contribution is -2.17. The van der Waals surface area contributed by atoms with Crippen molar-refractivity contribution in [2.45, 2.75) is 37.5 Å². The molecule has 0 atom stereocenters. The van der Waals surface area contributed by atoms with E-state index in [2.05, 4.69) is 5.32 Å². The maximum absolute atomic E-state index is 12.4. The van der Waals surface area contributed by atoms with E-state index >= 15 is 0 Å². The average Bonchev–Trinajstić information content (AvgIpc) is 3.15. The van der Waals surface area contributed by atoms with Crippen LogP contribution in [0, 0.1) is 0 Å². The first-order valence-electron chi connectivity index (χ1n) is 8.70. The first-order chi connectivity index (χ1) is 12.8. The molecule has 27 heavy (non-hydrogen) atoms. The van der Waals surface area contributed by atoms with Crippen molar-refractivity contribution in [2.75, 3.05) is 18.2 Å². The van der Waals surface area contributed by atoms with Gasteiger partial charge in [-0.1, -0.05) is 12.1 Å². The fourth-order valence-corrected chi connectivity index (χ4v) is 5.05. The third-order valence-electron chi connectivity index (χ3n) is 4.37. The van der Waals surface area contributed by atoms with Gasteiger partial charge in [-0.3, -0.25) is 4.79 Å². The van der Waals surface area contributed by atoms with Crippen LogP contribution in [-0.4, -0.2) is 33.2 Å². The molecule has 1 aliphatic rings. The number of carbonyl (C=O) groups excluding carboxylic acids is 2. The molecule has 0 bridgehead atoms. The highest BCUT2D eigenvalue weighted by Gasteiger charge is 2.28. The maximum Gasteiger partial charge on any atom is 0.341 e. The number of ether oxygens (including phenoxy) is 1. The first-order valence-corrected chi connectivity index (χ1v) is 11.4. The van der Waals surface area contributed by atoms with E-state index in [1.165, 1.54) is 23.5 Å². The molecular formula is C19H21NO5S2. The summed E-state index contributed by atoms with van der Waals surface area (Å²) in [7, 11) is -3.27. The smallest absolute Gasteiger partial charge is 0.341 e. The van der Waals surface area contributed by atoms with Gasteiger partial charge < -0.3 is 10.1 Å². The molecule has 1 aliphatic carbocycles. The third-order valence-corrected chi connectivity index (χ3v) is 6.71. The number of amides is 1. The standard InChI is InChI=1S/C19H21NO5S2/c1-3-25-19(22)17-14-5-4-6-15(14)26-18(17)20-16(21)11-12-7-9-13(10-8-12)27(2,23)24/h7-10H,3-6,11H2,1-2H3,(H,20,21). The molecular weight excluding hydrogens is 386 g/mol. The quantitative estimate of drug-likeness (QED) is 0.744. The highest BCUT2D eigenvalue weighted by atomic mass is 32.2. The molecule has 144 valence electrons. The van der Waals surface area contributed by atoms with Crippen molar-refractivity contribution in [1.82, 2.24) is 0 Å². The number of carbonyl (C=O) groups is 2. The molecule has 1 heterocycles. The summed E-state index contributed by atoms with van der Waals surface area (Å²) in [5.74, 6) is -0.655. The van der Waals surface area contributed by atoms with Crippen LogP contribution in [0.15, 0.2) is 29.2 Å². The minimum atomic E-state index is -3.27. The molecule has 0 radical (unpaired) electrons. The van der Waals surface area contributed by atoms with Gasteiger partial charge >= 0.3 is 5.97 Å². The van der Waals surface area contributed by atoms with Gasteiger partial charge in [0.05, 0.1) is 23.5 Å². The number of rotatable bonds is 6. The van der Waals surface area contributed by atoms with Gasteiger partial charge in [0, 0.05) is 11.1 Å². The number of anilines is 1. The second kappa shape index (κ2) is 7.82. The van der Waals surface area contributed by atoms with Crippen LogP contribution in [0.25, 0.3) is 0 Å². The minimum absolute atomic E-state index is 0.0921. The van der Waals surface area contributed by atoms with Crippen LogP contribution in [0.2, 0.25) is 0 Å². The summed E-state index contributed by atoms with van der Waals surface area (Å²) < 4.78 is 28.2. The van der Waals surface area contributed by atoms with Crippen LogP contribution < -0.4 is 5.32 Å². The van der Waals surface area contributed by atoms with E-state index in [-0.39, 0.29) is 23.8 Å². The topological polar surface area (TPSA) is 89.5 Å².